The molecule has 0 unspecified atom stereocenters. The number of H-pyrrole nitrogens is 1. The first-order valence-corrected chi connectivity index (χ1v) is 5.11. The van der Waals surface area contributed by atoms with E-state index in [0.717, 1.165) is 5.56 Å². The minimum atomic E-state index is -0.151. The maximum Gasteiger partial charge on any atom is 0.251 e. The van der Waals surface area contributed by atoms with Crippen LogP contribution in [-0.2, 0) is 6.61 Å². The van der Waals surface area contributed by atoms with Gasteiger partial charge in [0, 0.05) is 12.3 Å². The molecule has 1 aromatic carbocycles. The van der Waals surface area contributed by atoms with Gasteiger partial charge in [0.05, 0.1) is 0 Å². The molecule has 0 fully saturated rings. The van der Waals surface area contributed by atoms with Crippen molar-refractivity contribution in [1.29, 1.82) is 0 Å². The zero-order valence-corrected chi connectivity index (χ0v) is 9.07. The van der Waals surface area contributed by atoms with Crippen LogP contribution in [0, 0.1) is 6.92 Å². The maximum atomic E-state index is 11.0. The number of rotatable bonds is 3. The van der Waals surface area contributed by atoms with Crippen LogP contribution in [0.5, 0.6) is 5.75 Å². The Hall–Kier alpha value is -2.03. The van der Waals surface area contributed by atoms with Crippen molar-refractivity contribution in [2.75, 3.05) is 0 Å². The van der Waals surface area contributed by atoms with Gasteiger partial charge in [-0.15, -0.1) is 0 Å². The number of hydrogen-bond donors (Lipinski definition) is 1. The highest BCUT2D eigenvalue weighted by molar-refractivity contribution is 5.22. The fourth-order valence-electron chi connectivity index (χ4n) is 1.37. The summed E-state index contributed by atoms with van der Waals surface area (Å²) < 4.78 is 5.49. The first-order chi connectivity index (χ1) is 7.74. The third-order valence-electron chi connectivity index (χ3n) is 2.27. The third kappa shape index (κ3) is 2.73. The number of pyridine rings is 1. The fraction of sp³-hybridized carbons (Fsp3) is 0.154. The molecule has 3 heteroatoms. The summed E-state index contributed by atoms with van der Waals surface area (Å²) in [6.07, 6.45) is 1.58. The van der Waals surface area contributed by atoms with Gasteiger partial charge in [0.15, 0.2) is 0 Å². The summed E-state index contributed by atoms with van der Waals surface area (Å²) >= 11 is 0. The highest BCUT2D eigenvalue weighted by Crippen LogP contribution is 2.09. The zero-order chi connectivity index (χ0) is 11.4. The van der Waals surface area contributed by atoms with E-state index in [2.05, 4.69) is 4.98 Å². The Morgan fingerprint density at radius 1 is 1.19 bits per heavy atom. The van der Waals surface area contributed by atoms with Crippen molar-refractivity contribution in [1.82, 2.24) is 4.98 Å². The minimum Gasteiger partial charge on any atom is -0.489 e. The maximum absolute atomic E-state index is 11.0. The van der Waals surface area contributed by atoms with E-state index in [4.69, 9.17) is 4.74 Å². The molecular formula is C13H13NO2. The number of ether oxygens (including phenoxy) is 1. The van der Waals surface area contributed by atoms with E-state index in [9.17, 15) is 4.79 Å². The summed E-state index contributed by atoms with van der Waals surface area (Å²) in [6, 6.07) is 11.3. The van der Waals surface area contributed by atoms with Crippen molar-refractivity contribution >= 4 is 0 Å². The molecule has 0 radical (unpaired) electrons. The fourth-order valence-corrected chi connectivity index (χ4v) is 1.37. The molecule has 2 rings (SSSR count). The summed E-state index contributed by atoms with van der Waals surface area (Å²) in [5.74, 6) is 0.587. The van der Waals surface area contributed by atoms with E-state index in [1.54, 1.807) is 12.3 Å². The molecule has 0 amide bonds. The molecule has 0 saturated heterocycles. The molecule has 82 valence electrons. The zero-order valence-electron chi connectivity index (χ0n) is 9.07. The van der Waals surface area contributed by atoms with Gasteiger partial charge in [0.2, 0.25) is 0 Å². The molecule has 1 N–H and O–H groups in total. The Labute approximate surface area is 93.7 Å². The Morgan fingerprint density at radius 3 is 2.62 bits per heavy atom. The van der Waals surface area contributed by atoms with Gasteiger partial charge < -0.3 is 9.72 Å². The topological polar surface area (TPSA) is 42.1 Å². The van der Waals surface area contributed by atoms with Crippen molar-refractivity contribution in [2.24, 2.45) is 0 Å². The molecule has 0 aliphatic carbocycles. The van der Waals surface area contributed by atoms with Gasteiger partial charge in [-0.2, -0.15) is 0 Å². The van der Waals surface area contributed by atoms with Crippen LogP contribution >= 0.6 is 0 Å². The lowest BCUT2D eigenvalue weighted by atomic mass is 10.2. The number of nitrogens with one attached hydrogen (secondary N) is 1. The van der Waals surface area contributed by atoms with Crippen LogP contribution < -0.4 is 10.3 Å². The van der Waals surface area contributed by atoms with Gasteiger partial charge in [0.1, 0.15) is 12.4 Å². The molecular weight excluding hydrogens is 202 g/mol. The first-order valence-electron chi connectivity index (χ1n) is 5.11. The summed E-state index contributed by atoms with van der Waals surface area (Å²) in [5.41, 5.74) is 2.16. The van der Waals surface area contributed by atoms with Crippen molar-refractivity contribution in [3.05, 3.63) is 64.1 Å². The second kappa shape index (κ2) is 4.66. The second-order valence-electron chi connectivity index (χ2n) is 3.66. The van der Waals surface area contributed by atoms with Crippen LogP contribution in [0.3, 0.4) is 0 Å². The van der Waals surface area contributed by atoms with Gasteiger partial charge in [0.25, 0.3) is 5.56 Å². The monoisotopic (exact) mass is 215 g/mol. The molecule has 0 bridgehead atoms. The van der Waals surface area contributed by atoms with Crippen LogP contribution in [0.1, 0.15) is 11.1 Å². The second-order valence-corrected chi connectivity index (χ2v) is 3.66. The van der Waals surface area contributed by atoms with Crippen LogP contribution in [-0.4, -0.2) is 4.98 Å². The van der Waals surface area contributed by atoms with Crippen LogP contribution in [0.15, 0.2) is 47.4 Å². The van der Waals surface area contributed by atoms with Crippen LogP contribution in [0.25, 0.3) is 0 Å². The Kier molecular flexibility index (Phi) is 3.05. The predicted molar refractivity (Wildman–Crippen MR) is 62.6 cm³/mol. The lowest BCUT2D eigenvalue weighted by molar-refractivity contribution is 0.305. The average Bonchev–Trinajstić information content (AvgIpc) is 2.28. The molecule has 0 aliphatic heterocycles. The van der Waals surface area contributed by atoms with Gasteiger partial charge >= 0.3 is 0 Å². The molecule has 16 heavy (non-hydrogen) atoms. The molecule has 0 spiro atoms. The normalized spacial score (nSPS) is 10.1. The molecule has 3 nitrogen and oxygen atoms in total. The molecule has 1 heterocycles. The number of hydrogen-bond acceptors (Lipinski definition) is 2. The quantitative estimate of drug-likeness (QED) is 0.853. The summed E-state index contributed by atoms with van der Waals surface area (Å²) in [4.78, 5) is 13.6. The Balaban J connectivity index is 2.02. The molecule has 0 aliphatic rings. The summed E-state index contributed by atoms with van der Waals surface area (Å²) in [5, 5.41) is 0. The number of aromatic nitrogens is 1. The van der Waals surface area contributed by atoms with E-state index < -0.39 is 0 Å². The Bertz CT molecular complexity index is 514. The Morgan fingerprint density at radius 2 is 1.94 bits per heavy atom. The SMILES string of the molecule is Cc1ccc(COc2cc[nH]c(=O)c2)cc1. The molecule has 0 saturated carbocycles. The van der Waals surface area contributed by atoms with Gasteiger partial charge in [-0.05, 0) is 18.6 Å². The van der Waals surface area contributed by atoms with E-state index in [1.165, 1.54) is 11.6 Å². The number of aryl methyl sites for hydroxylation is 1. The number of benzene rings is 1. The van der Waals surface area contributed by atoms with Crippen LogP contribution in [0.4, 0.5) is 0 Å². The van der Waals surface area contributed by atoms with Gasteiger partial charge in [-0.3, -0.25) is 4.79 Å². The van der Waals surface area contributed by atoms with Crippen molar-refractivity contribution < 1.29 is 4.74 Å². The standard InChI is InChI=1S/C13H13NO2/c1-10-2-4-11(5-3-10)9-16-12-6-7-14-13(15)8-12/h2-8H,9H2,1H3,(H,14,15). The van der Waals surface area contributed by atoms with E-state index >= 15 is 0 Å². The van der Waals surface area contributed by atoms with E-state index in [0.29, 0.717) is 12.4 Å². The molecule has 2 aromatic rings. The molecule has 0 atom stereocenters. The predicted octanol–water partition coefficient (Wildman–Crippen LogP) is 2.26. The minimum absolute atomic E-state index is 0.151. The lowest BCUT2D eigenvalue weighted by Crippen LogP contribution is -2.04. The van der Waals surface area contributed by atoms with Crippen molar-refractivity contribution in [3.63, 3.8) is 0 Å². The summed E-state index contributed by atoms with van der Waals surface area (Å²) in [7, 11) is 0. The lowest BCUT2D eigenvalue weighted by Gasteiger charge is -2.05. The van der Waals surface area contributed by atoms with Gasteiger partial charge in [-0.1, -0.05) is 29.8 Å². The van der Waals surface area contributed by atoms with Gasteiger partial charge in [-0.25, -0.2) is 0 Å². The van der Waals surface area contributed by atoms with E-state index in [-0.39, 0.29) is 5.56 Å². The van der Waals surface area contributed by atoms with E-state index in [1.807, 2.05) is 31.2 Å². The highest BCUT2D eigenvalue weighted by Gasteiger charge is 1.96. The van der Waals surface area contributed by atoms with Crippen molar-refractivity contribution in [2.45, 2.75) is 13.5 Å². The smallest absolute Gasteiger partial charge is 0.251 e. The largest absolute Gasteiger partial charge is 0.489 e. The summed E-state index contributed by atoms with van der Waals surface area (Å²) in [6.45, 7) is 2.52. The average molecular weight is 215 g/mol. The van der Waals surface area contributed by atoms with Crippen molar-refractivity contribution in [3.8, 4) is 5.75 Å². The third-order valence-corrected chi connectivity index (χ3v) is 2.27. The highest BCUT2D eigenvalue weighted by atomic mass is 16.5. The number of aromatic amines is 1. The van der Waals surface area contributed by atoms with Crippen LogP contribution in [0.2, 0.25) is 0 Å². The molecule has 1 aromatic heterocycles. The first kappa shape index (κ1) is 10.5.